The van der Waals surface area contributed by atoms with Gasteiger partial charge < -0.3 is 87.0 Å². The van der Waals surface area contributed by atoms with Crippen LogP contribution in [0.5, 0.6) is 0 Å². The monoisotopic (exact) mass is 1890 g/mol. The second-order valence-electron chi connectivity index (χ2n) is 30.5. The predicted molar refractivity (Wildman–Crippen MR) is 484 cm³/mol. The first-order valence-electron chi connectivity index (χ1n) is 43.4. The van der Waals surface area contributed by atoms with Gasteiger partial charge in [0.15, 0.2) is 88.5 Å². The van der Waals surface area contributed by atoms with Gasteiger partial charge in [0.1, 0.15) is 73.9 Å². The molecule has 6 fully saturated rings. The first kappa shape index (κ1) is 94.5. The summed E-state index contributed by atoms with van der Waals surface area (Å²) in [5.74, 6) is -0.641. The van der Waals surface area contributed by atoms with Gasteiger partial charge in [0.2, 0.25) is 0 Å². The van der Waals surface area contributed by atoms with Crippen LogP contribution < -0.4 is 31.9 Å². The van der Waals surface area contributed by atoms with E-state index in [1.54, 1.807) is 108 Å². The molecule has 0 aliphatic carbocycles. The number of anilines is 3. The lowest BCUT2D eigenvalue weighted by Crippen LogP contribution is -2.32. The molecule has 6 saturated heterocycles. The van der Waals surface area contributed by atoms with Crippen LogP contribution >= 0.6 is 34.8 Å². The van der Waals surface area contributed by atoms with Crippen molar-refractivity contribution in [1.29, 1.82) is 0 Å². The van der Waals surface area contributed by atoms with Gasteiger partial charge in [-0.1, -0.05) is 150 Å². The molecule has 6 N–H and O–H groups in total. The van der Waals surface area contributed by atoms with E-state index in [9.17, 15) is 28.8 Å². The molecule has 6 aliphatic rings. The number of benzene rings is 6. The molecule has 6 aliphatic heterocycles. The summed E-state index contributed by atoms with van der Waals surface area (Å²) in [5.41, 5.74) is 7.81. The molecule has 0 radical (unpaired) electrons. The standard InChI is InChI=1S/C32H33ClN6O7.2C30H31ClN6O7/c1-3-34-32(41)38-28-25-29(36-17-35-28)39(18-37-25)30-27-26(45-24(46-27)14-13-19-9-6-5-7-10-19)23(44-30)16-42-15-21-20(31(40)43-4-2)11-8-12-22(21)33;2*1-3-32-30(39)36-25-22-26(34-15-33-25)37(16-35-22)27-24-23(43-29(44-24)17-9-6-5-7-10-17)21(42-27)14-40-13-19-18(28(38)41-4-2)11-8-12-20(19)31/h5-14,17-18,23-24,26-27,30H,3-4,15-16H2,1-2H3,(H2,34,35,36,38,41);2*5-12,15-16,21,23-24,27,29H,3-4,13-14H2,1-2H3,(H2,32,33,34,36,39)/b14-13+;;/t23?,24-,26?,27?,30?;2*21?,23?,24?,27?,29-/m000/s1. The van der Waals surface area contributed by atoms with E-state index in [2.05, 4.69) is 76.8 Å². The van der Waals surface area contributed by atoms with Gasteiger partial charge in [-0.3, -0.25) is 29.7 Å². The maximum atomic E-state index is 12.5. The van der Waals surface area contributed by atoms with E-state index >= 15 is 0 Å². The molecule has 0 spiro atoms. The topological polar surface area (TPSA) is 444 Å². The number of ether oxygens (including phenoxy) is 15. The Hall–Kier alpha value is -12.7. The van der Waals surface area contributed by atoms with Gasteiger partial charge in [-0.05, 0) is 89.6 Å². The van der Waals surface area contributed by atoms with E-state index in [0.717, 1.165) is 16.7 Å². The maximum absolute atomic E-state index is 12.5. The molecule has 0 saturated carbocycles. The number of rotatable bonds is 31. The molecule has 12 unspecified atom stereocenters. The lowest BCUT2D eigenvalue weighted by atomic mass is 10.1. The minimum atomic E-state index is -0.693. The van der Waals surface area contributed by atoms with E-state index < -0.39 is 128 Å². The number of halogens is 3. The average Bonchev–Trinajstić information content (AvgIpc) is 1.60. The Kier molecular flexibility index (Phi) is 31.3. The van der Waals surface area contributed by atoms with Crippen molar-refractivity contribution in [2.45, 2.75) is 154 Å². The Bertz CT molecular complexity index is 5910. The molecule has 12 heterocycles. The number of fused-ring (bicyclic) bond motifs is 6. The highest BCUT2D eigenvalue weighted by atomic mass is 35.5. The summed E-state index contributed by atoms with van der Waals surface area (Å²) in [6, 6.07) is 43.0. The molecule has 15 atom stereocenters. The van der Waals surface area contributed by atoms with Crippen LogP contribution in [0.2, 0.25) is 15.1 Å². The van der Waals surface area contributed by atoms with Crippen molar-refractivity contribution in [2.75, 3.05) is 75.2 Å². The highest BCUT2D eigenvalue weighted by Crippen LogP contribution is 2.48. The summed E-state index contributed by atoms with van der Waals surface area (Å²) in [5, 5.41) is 17.3. The fourth-order valence-corrected chi connectivity index (χ4v) is 16.6. The molecule has 18 rings (SSSR count). The quantitative estimate of drug-likeness (QED) is 0.0174. The number of esters is 3. The van der Waals surface area contributed by atoms with Crippen LogP contribution in [0.1, 0.15) is 137 Å². The van der Waals surface area contributed by atoms with E-state index in [1.165, 1.54) is 19.0 Å². The number of imidazole rings is 3. The molecule has 700 valence electrons. The Morgan fingerprint density at radius 3 is 1.01 bits per heavy atom. The molecular weight excluding hydrogens is 1800 g/mol. The van der Waals surface area contributed by atoms with Crippen LogP contribution in [0, 0.1) is 0 Å². The molecule has 134 heavy (non-hydrogen) atoms. The van der Waals surface area contributed by atoms with E-state index in [4.69, 9.17) is 106 Å². The molecular formula is C92H95Cl3N18O21. The largest absolute Gasteiger partial charge is 0.462 e. The van der Waals surface area contributed by atoms with Gasteiger partial charge in [0.25, 0.3) is 0 Å². The minimum Gasteiger partial charge on any atom is -0.462 e. The number of carbonyl (C=O) groups excluding carboxylic acids is 6. The van der Waals surface area contributed by atoms with Crippen LogP contribution in [0.3, 0.4) is 0 Å². The zero-order chi connectivity index (χ0) is 93.3. The summed E-state index contributed by atoms with van der Waals surface area (Å²) in [6.07, 6.45) is 3.71. The predicted octanol–water partition coefficient (Wildman–Crippen LogP) is 13.5. The third-order valence-corrected chi connectivity index (χ3v) is 23.0. The van der Waals surface area contributed by atoms with Gasteiger partial charge in [-0.25, -0.2) is 73.6 Å². The zero-order valence-electron chi connectivity index (χ0n) is 73.2. The van der Waals surface area contributed by atoms with Crippen molar-refractivity contribution in [3.63, 3.8) is 0 Å². The summed E-state index contributed by atoms with van der Waals surface area (Å²) in [6.45, 7) is 13.2. The molecule has 6 amide bonds. The van der Waals surface area contributed by atoms with E-state index in [-0.39, 0.29) is 76.9 Å². The minimum absolute atomic E-state index is 0.0456. The van der Waals surface area contributed by atoms with Gasteiger partial charge in [0.05, 0.1) is 95.1 Å². The van der Waals surface area contributed by atoms with Crippen molar-refractivity contribution in [2.24, 2.45) is 0 Å². The van der Waals surface area contributed by atoms with Crippen LogP contribution in [-0.4, -0.2) is 215 Å². The molecule has 12 aromatic rings. The van der Waals surface area contributed by atoms with Crippen molar-refractivity contribution in [3.05, 3.63) is 255 Å². The molecule has 0 bridgehead atoms. The lowest BCUT2D eigenvalue weighted by molar-refractivity contribution is -0.158. The molecule has 6 aromatic carbocycles. The smallest absolute Gasteiger partial charge is 0.338 e. The normalized spacial score (nSPS) is 22.5. The SMILES string of the molecule is CCNC(=O)Nc1ncnc2c1ncn2C1OC(COCc2c(Cl)cccc2C(=O)OCC)C2O[C@H](/C=C/c3ccccc3)OC21.CCNC(=O)Nc1ncnc2c1ncn2C1OC(COCc2c(Cl)cccc2C(=O)OCC)C2O[C@H](c3ccccc3)OC21.CCNC(=O)Nc1ncnc2c1ncn2C1OC(COCc2c(Cl)cccc2C(=O)OCC)C2O[C@H](c3ccccc3)OC21. The highest BCUT2D eigenvalue weighted by molar-refractivity contribution is 6.32. The van der Waals surface area contributed by atoms with Crippen molar-refractivity contribution in [3.8, 4) is 0 Å². The molecule has 6 aromatic heterocycles. The van der Waals surface area contributed by atoms with Crippen molar-refractivity contribution >= 4 is 128 Å². The van der Waals surface area contributed by atoms with E-state index in [0.29, 0.717) is 102 Å². The summed E-state index contributed by atoms with van der Waals surface area (Å²) in [4.78, 5) is 113. The van der Waals surface area contributed by atoms with Gasteiger partial charge in [-0.15, -0.1) is 0 Å². The summed E-state index contributed by atoms with van der Waals surface area (Å²) in [7, 11) is 0. The maximum Gasteiger partial charge on any atom is 0.338 e. The Morgan fingerprint density at radius 2 is 0.679 bits per heavy atom. The van der Waals surface area contributed by atoms with Crippen LogP contribution in [0.4, 0.5) is 31.8 Å². The van der Waals surface area contributed by atoms with Gasteiger partial charge in [0, 0.05) is 62.5 Å². The Labute approximate surface area is 781 Å². The Morgan fingerprint density at radius 1 is 0.366 bits per heavy atom. The number of amides is 6. The number of aromatic nitrogens is 12. The zero-order valence-corrected chi connectivity index (χ0v) is 75.5. The Balaban J connectivity index is 0.000000146. The number of nitrogens with one attached hydrogen (secondary N) is 6. The van der Waals surface area contributed by atoms with Crippen LogP contribution in [0.15, 0.2) is 190 Å². The third kappa shape index (κ3) is 21.4. The second-order valence-corrected chi connectivity index (χ2v) is 31.7. The first-order valence-corrected chi connectivity index (χ1v) is 44.5. The summed E-state index contributed by atoms with van der Waals surface area (Å²) >= 11 is 19.3. The molecule has 39 nitrogen and oxygen atoms in total. The molecule has 42 heteroatoms. The number of hydrogen-bond acceptors (Lipinski definition) is 30. The average molecular weight is 1900 g/mol. The van der Waals surface area contributed by atoms with E-state index in [1.807, 2.05) is 124 Å². The third-order valence-electron chi connectivity index (χ3n) is 22.0. The van der Waals surface area contributed by atoms with Gasteiger partial charge >= 0.3 is 36.0 Å². The lowest BCUT2D eigenvalue weighted by Gasteiger charge is -2.21. The van der Waals surface area contributed by atoms with Crippen molar-refractivity contribution < 1.29 is 99.8 Å². The number of nitrogens with zero attached hydrogens (tertiary/aromatic N) is 12. The van der Waals surface area contributed by atoms with Crippen molar-refractivity contribution in [1.82, 2.24) is 74.5 Å². The second kappa shape index (κ2) is 44.4. The van der Waals surface area contributed by atoms with Crippen LogP contribution in [-0.2, 0) is 90.9 Å². The highest BCUT2D eigenvalue weighted by Gasteiger charge is 2.57. The summed E-state index contributed by atoms with van der Waals surface area (Å²) < 4.78 is 96.8. The number of hydrogen-bond donors (Lipinski definition) is 6. The van der Waals surface area contributed by atoms with Gasteiger partial charge in [-0.2, -0.15) is 0 Å². The number of carbonyl (C=O) groups is 6. The fraction of sp³-hybridized carbons (Fsp3) is 0.359. The van der Waals surface area contributed by atoms with Crippen LogP contribution in [0.25, 0.3) is 39.6 Å². The number of urea groups is 3. The first-order chi connectivity index (χ1) is 65.4. The fourth-order valence-electron chi connectivity index (χ4n) is 16.0.